The van der Waals surface area contributed by atoms with Gasteiger partial charge in [0.2, 0.25) is 0 Å². The predicted octanol–water partition coefficient (Wildman–Crippen LogP) is 2.19. The van der Waals surface area contributed by atoms with E-state index in [-0.39, 0.29) is 5.69 Å². The molecule has 1 atom stereocenters. The van der Waals surface area contributed by atoms with Crippen LogP contribution in [0.25, 0.3) is 10.2 Å². The Hall–Kier alpha value is -1.73. The van der Waals surface area contributed by atoms with E-state index in [1.54, 1.807) is 6.07 Å². The van der Waals surface area contributed by atoms with Gasteiger partial charge in [0.25, 0.3) is 10.9 Å². The first-order valence-corrected chi connectivity index (χ1v) is 6.92. The molecule has 100 valence electrons. The molecule has 1 fully saturated rings. The van der Waals surface area contributed by atoms with Gasteiger partial charge in [0.05, 0.1) is 21.7 Å². The van der Waals surface area contributed by atoms with Crippen LogP contribution in [0, 0.1) is 16.0 Å². The fraction of sp³-hybridized carbons (Fsp3) is 0.417. The van der Waals surface area contributed by atoms with Crippen LogP contribution < -0.4 is 10.1 Å². The SMILES string of the molecule is O=[N+]([O-])c1ccc2sc(OCC3CCNC3)nc2c1. The van der Waals surface area contributed by atoms with E-state index in [4.69, 9.17) is 4.74 Å². The highest BCUT2D eigenvalue weighted by Crippen LogP contribution is 2.30. The summed E-state index contributed by atoms with van der Waals surface area (Å²) >= 11 is 1.42. The van der Waals surface area contributed by atoms with Crippen LogP contribution in [-0.4, -0.2) is 29.6 Å². The first-order chi connectivity index (χ1) is 9.22. The van der Waals surface area contributed by atoms with E-state index < -0.39 is 4.92 Å². The highest BCUT2D eigenvalue weighted by atomic mass is 32.1. The maximum Gasteiger partial charge on any atom is 0.274 e. The number of nitro groups is 1. The highest BCUT2D eigenvalue weighted by Gasteiger charge is 2.16. The largest absolute Gasteiger partial charge is 0.470 e. The topological polar surface area (TPSA) is 77.3 Å². The Bertz CT molecular complexity index is 607. The van der Waals surface area contributed by atoms with Crippen LogP contribution in [0.4, 0.5) is 5.69 Å². The normalized spacial score (nSPS) is 18.8. The average Bonchev–Trinajstić information content (AvgIpc) is 3.04. The standard InChI is InChI=1S/C12H13N3O3S/c16-15(17)9-1-2-11-10(5-9)14-12(19-11)18-7-8-3-4-13-6-8/h1-2,5,8,13H,3-4,6-7H2. The van der Waals surface area contributed by atoms with Crippen molar-refractivity contribution in [3.8, 4) is 5.19 Å². The third kappa shape index (κ3) is 2.66. The van der Waals surface area contributed by atoms with Crippen molar-refractivity contribution in [2.45, 2.75) is 6.42 Å². The zero-order valence-electron chi connectivity index (χ0n) is 10.2. The minimum Gasteiger partial charge on any atom is -0.470 e. The first-order valence-electron chi connectivity index (χ1n) is 6.11. The van der Waals surface area contributed by atoms with E-state index in [9.17, 15) is 10.1 Å². The van der Waals surface area contributed by atoms with Gasteiger partial charge in [0.15, 0.2) is 0 Å². The van der Waals surface area contributed by atoms with Crippen molar-refractivity contribution in [1.29, 1.82) is 0 Å². The Morgan fingerprint density at radius 1 is 1.58 bits per heavy atom. The number of ether oxygens (including phenoxy) is 1. The summed E-state index contributed by atoms with van der Waals surface area (Å²) in [5.74, 6) is 0.529. The molecule has 0 amide bonds. The molecule has 1 aliphatic heterocycles. The molecule has 1 aromatic carbocycles. The quantitative estimate of drug-likeness (QED) is 0.685. The molecule has 0 radical (unpaired) electrons. The summed E-state index contributed by atoms with van der Waals surface area (Å²) in [5.41, 5.74) is 0.683. The summed E-state index contributed by atoms with van der Waals surface area (Å²) in [4.78, 5) is 14.6. The Kier molecular flexibility index (Phi) is 3.31. The highest BCUT2D eigenvalue weighted by molar-refractivity contribution is 7.20. The smallest absolute Gasteiger partial charge is 0.274 e. The van der Waals surface area contributed by atoms with Gasteiger partial charge >= 0.3 is 0 Å². The Morgan fingerprint density at radius 2 is 2.47 bits per heavy atom. The number of non-ortho nitro benzene ring substituents is 1. The van der Waals surface area contributed by atoms with Gasteiger partial charge in [0.1, 0.15) is 0 Å². The van der Waals surface area contributed by atoms with Crippen LogP contribution in [-0.2, 0) is 0 Å². The van der Waals surface area contributed by atoms with E-state index >= 15 is 0 Å². The molecule has 0 spiro atoms. The molecule has 6 nitrogen and oxygen atoms in total. The molecule has 1 unspecified atom stereocenters. The van der Waals surface area contributed by atoms with E-state index in [1.807, 2.05) is 0 Å². The zero-order valence-corrected chi connectivity index (χ0v) is 11.0. The molecule has 2 heterocycles. The fourth-order valence-electron chi connectivity index (χ4n) is 2.12. The lowest BCUT2D eigenvalue weighted by molar-refractivity contribution is -0.384. The van der Waals surface area contributed by atoms with Gasteiger partial charge in [-0.1, -0.05) is 11.3 Å². The molecule has 0 bridgehead atoms. The van der Waals surface area contributed by atoms with Gasteiger partial charge in [-0.05, 0) is 19.0 Å². The zero-order chi connectivity index (χ0) is 13.2. The third-order valence-electron chi connectivity index (χ3n) is 3.17. The summed E-state index contributed by atoms with van der Waals surface area (Å²) in [6, 6.07) is 4.69. The number of thiazole rings is 1. The summed E-state index contributed by atoms with van der Waals surface area (Å²) in [5, 5.41) is 14.6. The van der Waals surface area contributed by atoms with Crippen LogP contribution in [0.15, 0.2) is 18.2 Å². The van der Waals surface area contributed by atoms with Crippen molar-refractivity contribution in [2.75, 3.05) is 19.7 Å². The molecular weight excluding hydrogens is 266 g/mol. The number of rotatable bonds is 4. The van der Waals surface area contributed by atoms with Crippen LogP contribution in [0.3, 0.4) is 0 Å². The number of hydrogen-bond donors (Lipinski definition) is 1. The summed E-state index contributed by atoms with van der Waals surface area (Å²) in [7, 11) is 0. The van der Waals surface area contributed by atoms with Crippen molar-refractivity contribution in [1.82, 2.24) is 10.3 Å². The van der Waals surface area contributed by atoms with Crippen molar-refractivity contribution >= 4 is 27.2 Å². The summed E-state index contributed by atoms with van der Waals surface area (Å²) < 4.78 is 6.58. The predicted molar refractivity (Wildman–Crippen MR) is 72.7 cm³/mol. The lowest BCUT2D eigenvalue weighted by Gasteiger charge is -2.07. The minimum absolute atomic E-state index is 0.0596. The van der Waals surface area contributed by atoms with Crippen LogP contribution >= 0.6 is 11.3 Å². The molecule has 0 aliphatic carbocycles. The lowest BCUT2D eigenvalue weighted by atomic mass is 10.1. The van der Waals surface area contributed by atoms with Gasteiger partial charge in [0, 0.05) is 24.6 Å². The van der Waals surface area contributed by atoms with Crippen molar-refractivity contribution in [3.05, 3.63) is 28.3 Å². The van der Waals surface area contributed by atoms with Gasteiger partial charge in [-0.3, -0.25) is 10.1 Å². The number of benzene rings is 1. The van der Waals surface area contributed by atoms with Gasteiger partial charge in [-0.15, -0.1) is 0 Å². The first kappa shape index (κ1) is 12.3. The number of nitro benzene ring substituents is 1. The maximum absolute atomic E-state index is 10.7. The molecule has 0 saturated carbocycles. The molecule has 1 aromatic heterocycles. The molecule has 7 heteroatoms. The van der Waals surface area contributed by atoms with E-state index in [1.165, 1.54) is 23.5 Å². The number of nitrogens with zero attached hydrogens (tertiary/aromatic N) is 2. The number of hydrogen-bond acceptors (Lipinski definition) is 6. The summed E-state index contributed by atoms with van der Waals surface area (Å²) in [6.07, 6.45) is 1.12. The second kappa shape index (κ2) is 5.10. The molecule has 3 rings (SSSR count). The minimum atomic E-state index is -0.413. The average molecular weight is 279 g/mol. The van der Waals surface area contributed by atoms with Gasteiger partial charge < -0.3 is 10.1 Å². The van der Waals surface area contributed by atoms with Crippen molar-refractivity contribution in [2.24, 2.45) is 5.92 Å². The second-order valence-electron chi connectivity index (χ2n) is 4.56. The van der Waals surface area contributed by atoms with Gasteiger partial charge in [-0.25, -0.2) is 4.98 Å². The Morgan fingerprint density at radius 3 is 3.21 bits per heavy atom. The van der Waals surface area contributed by atoms with E-state index in [0.717, 1.165) is 24.2 Å². The van der Waals surface area contributed by atoms with E-state index in [0.29, 0.717) is 23.2 Å². The molecular formula is C12H13N3O3S. The van der Waals surface area contributed by atoms with Crippen LogP contribution in [0.2, 0.25) is 0 Å². The second-order valence-corrected chi connectivity index (χ2v) is 5.55. The molecule has 1 saturated heterocycles. The molecule has 2 aromatic rings. The third-order valence-corrected chi connectivity index (χ3v) is 4.12. The van der Waals surface area contributed by atoms with Crippen LogP contribution in [0.5, 0.6) is 5.19 Å². The number of fused-ring (bicyclic) bond motifs is 1. The molecule has 1 N–H and O–H groups in total. The van der Waals surface area contributed by atoms with Crippen molar-refractivity contribution in [3.63, 3.8) is 0 Å². The van der Waals surface area contributed by atoms with Crippen LogP contribution in [0.1, 0.15) is 6.42 Å². The monoisotopic (exact) mass is 279 g/mol. The van der Waals surface area contributed by atoms with Crippen molar-refractivity contribution < 1.29 is 9.66 Å². The molecule has 19 heavy (non-hydrogen) atoms. The molecule has 1 aliphatic rings. The summed E-state index contributed by atoms with van der Waals surface area (Å²) in [6.45, 7) is 2.67. The Balaban J connectivity index is 1.75. The number of nitrogens with one attached hydrogen (secondary N) is 1. The maximum atomic E-state index is 10.7. The fourth-order valence-corrected chi connectivity index (χ4v) is 2.92. The number of aromatic nitrogens is 1. The Labute approximate surface area is 113 Å². The lowest BCUT2D eigenvalue weighted by Crippen LogP contribution is -2.15. The van der Waals surface area contributed by atoms with E-state index in [2.05, 4.69) is 10.3 Å². The van der Waals surface area contributed by atoms with Gasteiger partial charge in [-0.2, -0.15) is 0 Å².